The first kappa shape index (κ1) is 11.8. The highest BCUT2D eigenvalue weighted by molar-refractivity contribution is 7.92. The second-order valence-corrected chi connectivity index (χ2v) is 5.49. The van der Waals surface area contributed by atoms with Crippen molar-refractivity contribution >= 4 is 21.4 Å². The van der Waals surface area contributed by atoms with Crippen molar-refractivity contribution in [2.75, 3.05) is 22.8 Å². The van der Waals surface area contributed by atoms with Gasteiger partial charge in [0, 0.05) is 12.7 Å². The van der Waals surface area contributed by atoms with Gasteiger partial charge in [0.05, 0.1) is 11.4 Å². The first-order chi connectivity index (χ1) is 6.97. The molecule has 84 valence electrons. The molecule has 0 bridgehead atoms. The molecule has 0 radical (unpaired) electrons. The molecular weight excluding hydrogens is 212 g/mol. The van der Waals surface area contributed by atoms with Crippen LogP contribution in [0.25, 0.3) is 0 Å². The molecule has 1 rings (SSSR count). The van der Waals surface area contributed by atoms with Gasteiger partial charge in [-0.1, -0.05) is 6.92 Å². The molecule has 0 aliphatic rings. The van der Waals surface area contributed by atoms with Crippen molar-refractivity contribution in [3.05, 3.63) is 24.3 Å². The molecule has 15 heavy (non-hydrogen) atoms. The molecule has 5 heteroatoms. The lowest BCUT2D eigenvalue weighted by Gasteiger charge is -2.18. The van der Waals surface area contributed by atoms with Gasteiger partial charge >= 0.3 is 0 Å². The van der Waals surface area contributed by atoms with Crippen LogP contribution in [0.3, 0.4) is 0 Å². The smallest absolute Gasteiger partial charge is 0.234 e. The van der Waals surface area contributed by atoms with Crippen LogP contribution >= 0.6 is 0 Å². The second-order valence-electron chi connectivity index (χ2n) is 3.38. The molecule has 0 heterocycles. The highest BCUT2D eigenvalue weighted by atomic mass is 32.2. The summed E-state index contributed by atoms with van der Waals surface area (Å²) in [6, 6.07) is 6.77. The van der Waals surface area contributed by atoms with E-state index in [2.05, 4.69) is 0 Å². The third-order valence-corrected chi connectivity index (χ3v) is 4.11. The van der Waals surface area contributed by atoms with Crippen molar-refractivity contribution in [2.24, 2.45) is 0 Å². The van der Waals surface area contributed by atoms with E-state index in [1.54, 1.807) is 31.3 Å². The molecule has 0 saturated carbocycles. The molecule has 0 amide bonds. The summed E-state index contributed by atoms with van der Waals surface area (Å²) < 4.78 is 24.7. The summed E-state index contributed by atoms with van der Waals surface area (Å²) in [7, 11) is -1.63. The number of sulfonamides is 1. The summed E-state index contributed by atoms with van der Waals surface area (Å²) in [6.45, 7) is 1.84. The van der Waals surface area contributed by atoms with Gasteiger partial charge in [0.15, 0.2) is 0 Å². The predicted octanol–water partition coefficient (Wildman–Crippen LogP) is 1.44. The van der Waals surface area contributed by atoms with Gasteiger partial charge in [0.25, 0.3) is 0 Å². The molecule has 4 nitrogen and oxygen atoms in total. The van der Waals surface area contributed by atoms with Crippen LogP contribution in [0.15, 0.2) is 24.3 Å². The second kappa shape index (κ2) is 4.53. The number of benzene rings is 1. The van der Waals surface area contributed by atoms with Crippen molar-refractivity contribution in [3.8, 4) is 0 Å². The predicted molar refractivity (Wildman–Crippen MR) is 63.3 cm³/mol. The zero-order chi connectivity index (χ0) is 11.5. The Balaban J connectivity index is 2.94. The largest absolute Gasteiger partial charge is 0.399 e. The summed E-state index contributed by atoms with van der Waals surface area (Å²) in [5, 5.41) is 0. The minimum atomic E-state index is -3.18. The van der Waals surface area contributed by atoms with E-state index in [9.17, 15) is 8.42 Å². The van der Waals surface area contributed by atoms with E-state index in [0.717, 1.165) is 0 Å². The Morgan fingerprint density at radius 3 is 2.27 bits per heavy atom. The van der Waals surface area contributed by atoms with Gasteiger partial charge < -0.3 is 5.73 Å². The molecule has 2 N–H and O–H groups in total. The van der Waals surface area contributed by atoms with E-state index in [4.69, 9.17) is 5.73 Å². The molecule has 0 saturated heterocycles. The number of hydrogen-bond donors (Lipinski definition) is 1. The zero-order valence-corrected chi connectivity index (χ0v) is 9.79. The monoisotopic (exact) mass is 228 g/mol. The van der Waals surface area contributed by atoms with Crippen molar-refractivity contribution in [1.82, 2.24) is 0 Å². The van der Waals surface area contributed by atoms with Crippen molar-refractivity contribution in [1.29, 1.82) is 0 Å². The van der Waals surface area contributed by atoms with Crippen LogP contribution in [-0.4, -0.2) is 21.2 Å². The zero-order valence-electron chi connectivity index (χ0n) is 8.97. The highest BCUT2D eigenvalue weighted by Crippen LogP contribution is 2.18. The van der Waals surface area contributed by atoms with Crippen LogP contribution in [0.1, 0.15) is 13.3 Å². The average molecular weight is 228 g/mol. The molecule has 1 aromatic carbocycles. The van der Waals surface area contributed by atoms with Crippen LogP contribution in [0.2, 0.25) is 0 Å². The third kappa shape index (κ3) is 2.86. The Labute approximate surface area is 90.8 Å². The molecule has 0 aliphatic heterocycles. The van der Waals surface area contributed by atoms with E-state index in [1.807, 2.05) is 6.92 Å². The maximum absolute atomic E-state index is 11.7. The summed E-state index contributed by atoms with van der Waals surface area (Å²) >= 11 is 0. The molecular formula is C10H16N2O2S. The van der Waals surface area contributed by atoms with Crippen molar-refractivity contribution in [2.45, 2.75) is 13.3 Å². The summed E-state index contributed by atoms with van der Waals surface area (Å²) in [5.41, 5.74) is 6.79. The lowest BCUT2D eigenvalue weighted by atomic mass is 10.3. The molecule has 0 fully saturated rings. The van der Waals surface area contributed by atoms with Gasteiger partial charge in [-0.05, 0) is 30.7 Å². The van der Waals surface area contributed by atoms with Crippen LogP contribution in [0, 0.1) is 0 Å². The summed E-state index contributed by atoms with van der Waals surface area (Å²) in [6.07, 6.45) is 0.613. The number of anilines is 2. The molecule has 0 aliphatic carbocycles. The number of nitrogens with zero attached hydrogens (tertiary/aromatic N) is 1. The Hall–Kier alpha value is -1.23. The maximum atomic E-state index is 11.7. The van der Waals surface area contributed by atoms with E-state index >= 15 is 0 Å². The quantitative estimate of drug-likeness (QED) is 0.793. The Morgan fingerprint density at radius 1 is 1.27 bits per heavy atom. The molecule has 0 unspecified atom stereocenters. The van der Waals surface area contributed by atoms with Gasteiger partial charge in [-0.3, -0.25) is 4.31 Å². The van der Waals surface area contributed by atoms with Crippen LogP contribution < -0.4 is 10.0 Å². The highest BCUT2D eigenvalue weighted by Gasteiger charge is 2.16. The van der Waals surface area contributed by atoms with Gasteiger partial charge in [-0.15, -0.1) is 0 Å². The SMILES string of the molecule is CCCS(=O)(=O)N(C)c1ccc(N)cc1. The van der Waals surface area contributed by atoms with Gasteiger partial charge in [-0.25, -0.2) is 8.42 Å². The Morgan fingerprint density at radius 2 is 1.80 bits per heavy atom. The van der Waals surface area contributed by atoms with Crippen LogP contribution in [-0.2, 0) is 10.0 Å². The fourth-order valence-corrected chi connectivity index (χ4v) is 2.47. The van der Waals surface area contributed by atoms with Gasteiger partial charge in [0.1, 0.15) is 0 Å². The first-order valence-electron chi connectivity index (χ1n) is 4.79. The lowest BCUT2D eigenvalue weighted by molar-refractivity contribution is 0.593. The van der Waals surface area contributed by atoms with E-state index in [0.29, 0.717) is 17.8 Å². The number of nitrogen functional groups attached to an aromatic ring is 1. The van der Waals surface area contributed by atoms with Crippen LogP contribution in [0.4, 0.5) is 11.4 Å². The Bertz CT molecular complexity index is 412. The van der Waals surface area contributed by atoms with Crippen LogP contribution in [0.5, 0.6) is 0 Å². The van der Waals surface area contributed by atoms with Gasteiger partial charge in [0.2, 0.25) is 10.0 Å². The first-order valence-corrected chi connectivity index (χ1v) is 6.40. The maximum Gasteiger partial charge on any atom is 0.234 e. The lowest BCUT2D eigenvalue weighted by Crippen LogP contribution is -2.28. The molecule has 0 spiro atoms. The van der Waals surface area contributed by atoms with E-state index < -0.39 is 10.0 Å². The summed E-state index contributed by atoms with van der Waals surface area (Å²) in [5.74, 6) is 0.161. The fourth-order valence-electron chi connectivity index (χ4n) is 1.24. The molecule has 1 aromatic rings. The minimum absolute atomic E-state index is 0.161. The number of rotatable bonds is 4. The Kier molecular flexibility index (Phi) is 3.57. The van der Waals surface area contributed by atoms with E-state index in [-0.39, 0.29) is 5.75 Å². The van der Waals surface area contributed by atoms with E-state index in [1.165, 1.54) is 4.31 Å². The van der Waals surface area contributed by atoms with Crippen molar-refractivity contribution < 1.29 is 8.42 Å². The van der Waals surface area contributed by atoms with Gasteiger partial charge in [-0.2, -0.15) is 0 Å². The standard InChI is InChI=1S/C10H16N2O2S/c1-3-8-15(13,14)12(2)10-6-4-9(11)5-7-10/h4-7H,3,8,11H2,1-2H3. The summed E-state index contributed by atoms with van der Waals surface area (Å²) in [4.78, 5) is 0. The normalized spacial score (nSPS) is 11.3. The van der Waals surface area contributed by atoms with Crippen molar-refractivity contribution in [3.63, 3.8) is 0 Å². The topological polar surface area (TPSA) is 63.4 Å². The molecule has 0 atom stereocenters. The average Bonchev–Trinajstić information content (AvgIpc) is 2.18. The minimum Gasteiger partial charge on any atom is -0.399 e. The molecule has 0 aromatic heterocycles. The third-order valence-electron chi connectivity index (χ3n) is 2.14. The fraction of sp³-hybridized carbons (Fsp3) is 0.400. The number of nitrogens with two attached hydrogens (primary N) is 1. The number of hydrogen-bond acceptors (Lipinski definition) is 3.